The van der Waals surface area contributed by atoms with E-state index in [9.17, 15) is 9.90 Å². The standard InChI is InChI=1S/C30H29NO4/c1-19(23-12-7-9-20-8-3-4-10-24(20)23)31-18-22-17-27(25-11-5-6-13-28(25)35-22)26-15-14-21(30(32)33)16-29(26)34-2/h3-16,19,22,27,31H,17-18H2,1-2H3,(H,32,33)/t19-,22-,27+/m1/s1. The van der Waals surface area contributed by atoms with E-state index >= 15 is 0 Å². The molecule has 5 heteroatoms. The molecule has 1 aliphatic heterocycles. The second-order valence-corrected chi connectivity index (χ2v) is 9.03. The fourth-order valence-corrected chi connectivity index (χ4v) is 5.09. The summed E-state index contributed by atoms with van der Waals surface area (Å²) in [7, 11) is 1.58. The lowest BCUT2D eigenvalue weighted by atomic mass is 9.83. The number of para-hydroxylation sites is 1. The van der Waals surface area contributed by atoms with Gasteiger partial charge < -0.3 is 19.9 Å². The number of nitrogens with one attached hydrogen (secondary N) is 1. The van der Waals surface area contributed by atoms with Crippen molar-refractivity contribution in [3.8, 4) is 11.5 Å². The third kappa shape index (κ3) is 4.60. The van der Waals surface area contributed by atoms with Crippen LogP contribution in [-0.2, 0) is 0 Å². The average molecular weight is 468 g/mol. The minimum Gasteiger partial charge on any atom is -0.496 e. The molecule has 0 bridgehead atoms. The van der Waals surface area contributed by atoms with Crippen molar-refractivity contribution in [2.45, 2.75) is 31.4 Å². The van der Waals surface area contributed by atoms with E-state index in [4.69, 9.17) is 9.47 Å². The van der Waals surface area contributed by atoms with E-state index in [1.165, 1.54) is 16.3 Å². The van der Waals surface area contributed by atoms with Crippen LogP contribution in [0.5, 0.6) is 11.5 Å². The van der Waals surface area contributed by atoms with Crippen molar-refractivity contribution in [1.29, 1.82) is 0 Å². The van der Waals surface area contributed by atoms with E-state index in [1.807, 2.05) is 24.3 Å². The molecule has 1 heterocycles. The molecule has 35 heavy (non-hydrogen) atoms. The molecule has 0 saturated carbocycles. The van der Waals surface area contributed by atoms with Gasteiger partial charge in [0.15, 0.2) is 0 Å². The van der Waals surface area contributed by atoms with Crippen LogP contribution in [0.25, 0.3) is 10.8 Å². The quantitative estimate of drug-likeness (QED) is 0.340. The molecule has 0 aromatic heterocycles. The number of ether oxygens (including phenoxy) is 2. The molecule has 2 N–H and O–H groups in total. The Labute approximate surface area is 205 Å². The first-order valence-electron chi connectivity index (χ1n) is 11.9. The molecule has 1 aliphatic rings. The highest BCUT2D eigenvalue weighted by molar-refractivity contribution is 5.88. The zero-order chi connectivity index (χ0) is 24.4. The molecule has 0 radical (unpaired) electrons. The monoisotopic (exact) mass is 467 g/mol. The van der Waals surface area contributed by atoms with Gasteiger partial charge in [-0.25, -0.2) is 4.79 Å². The zero-order valence-electron chi connectivity index (χ0n) is 19.9. The van der Waals surface area contributed by atoms with Gasteiger partial charge in [-0.05, 0) is 47.9 Å². The van der Waals surface area contributed by atoms with Gasteiger partial charge >= 0.3 is 5.97 Å². The summed E-state index contributed by atoms with van der Waals surface area (Å²) in [6, 6.07) is 28.2. The second kappa shape index (κ2) is 9.80. The number of hydrogen-bond donors (Lipinski definition) is 2. The number of aromatic carboxylic acids is 1. The lowest BCUT2D eigenvalue weighted by molar-refractivity contribution is 0.0696. The third-order valence-corrected chi connectivity index (χ3v) is 6.88. The Bertz CT molecular complexity index is 1360. The molecular formula is C30H29NO4. The van der Waals surface area contributed by atoms with Crippen molar-refractivity contribution in [2.24, 2.45) is 0 Å². The second-order valence-electron chi connectivity index (χ2n) is 9.03. The van der Waals surface area contributed by atoms with Crippen molar-refractivity contribution in [2.75, 3.05) is 13.7 Å². The first kappa shape index (κ1) is 22.9. The third-order valence-electron chi connectivity index (χ3n) is 6.88. The van der Waals surface area contributed by atoms with Crippen LogP contribution in [-0.4, -0.2) is 30.8 Å². The molecule has 0 fully saturated rings. The number of benzene rings is 4. The van der Waals surface area contributed by atoms with Gasteiger partial charge in [0, 0.05) is 29.6 Å². The molecular weight excluding hydrogens is 438 g/mol. The molecule has 0 amide bonds. The van der Waals surface area contributed by atoms with E-state index in [0.717, 1.165) is 23.3 Å². The molecule has 0 aliphatic carbocycles. The highest BCUT2D eigenvalue weighted by Crippen LogP contribution is 2.43. The lowest BCUT2D eigenvalue weighted by Gasteiger charge is -2.34. The van der Waals surface area contributed by atoms with Crippen molar-refractivity contribution < 1.29 is 19.4 Å². The predicted molar refractivity (Wildman–Crippen MR) is 138 cm³/mol. The van der Waals surface area contributed by atoms with E-state index in [2.05, 4.69) is 60.8 Å². The summed E-state index contributed by atoms with van der Waals surface area (Å²) >= 11 is 0. The summed E-state index contributed by atoms with van der Waals surface area (Å²) in [4.78, 5) is 11.5. The minimum absolute atomic E-state index is 0.0393. The van der Waals surface area contributed by atoms with E-state index in [0.29, 0.717) is 12.3 Å². The number of fused-ring (bicyclic) bond motifs is 2. The maximum Gasteiger partial charge on any atom is 0.335 e. The number of carboxylic acid groups (broad SMARTS) is 1. The number of carboxylic acids is 1. The molecule has 0 spiro atoms. The number of hydrogen-bond acceptors (Lipinski definition) is 4. The topological polar surface area (TPSA) is 67.8 Å². The molecule has 4 aromatic carbocycles. The Morgan fingerprint density at radius 1 is 1.03 bits per heavy atom. The highest BCUT2D eigenvalue weighted by atomic mass is 16.5. The van der Waals surface area contributed by atoms with Crippen LogP contribution in [0, 0.1) is 0 Å². The van der Waals surface area contributed by atoms with Crippen LogP contribution in [0.15, 0.2) is 84.9 Å². The van der Waals surface area contributed by atoms with Crippen LogP contribution in [0.3, 0.4) is 0 Å². The average Bonchev–Trinajstić information content (AvgIpc) is 2.90. The SMILES string of the molecule is COc1cc(C(=O)O)ccc1[C@H]1C[C@H](CN[C@H](C)c2cccc3ccccc23)Oc2ccccc21. The Kier molecular flexibility index (Phi) is 6.43. The number of rotatable bonds is 7. The molecule has 4 aromatic rings. The first-order valence-corrected chi connectivity index (χ1v) is 11.9. The molecule has 3 atom stereocenters. The molecule has 178 valence electrons. The maximum atomic E-state index is 11.5. The lowest BCUT2D eigenvalue weighted by Crippen LogP contribution is -2.37. The Balaban J connectivity index is 1.40. The number of carbonyl (C=O) groups is 1. The largest absolute Gasteiger partial charge is 0.496 e. The fourth-order valence-electron chi connectivity index (χ4n) is 5.09. The Morgan fingerprint density at radius 3 is 2.63 bits per heavy atom. The molecule has 5 rings (SSSR count). The van der Waals surface area contributed by atoms with Crippen LogP contribution in [0.2, 0.25) is 0 Å². The smallest absolute Gasteiger partial charge is 0.335 e. The summed E-state index contributed by atoms with van der Waals surface area (Å²) in [5, 5.41) is 15.6. The summed E-state index contributed by atoms with van der Waals surface area (Å²) in [5.41, 5.74) is 3.54. The van der Waals surface area contributed by atoms with Gasteiger partial charge in [0.25, 0.3) is 0 Å². The fraction of sp³-hybridized carbons (Fsp3) is 0.233. The molecule has 0 unspecified atom stereocenters. The highest BCUT2D eigenvalue weighted by Gasteiger charge is 2.31. The normalized spacial score (nSPS) is 17.9. The van der Waals surface area contributed by atoms with Crippen LogP contribution in [0.4, 0.5) is 0 Å². The number of methoxy groups -OCH3 is 1. The summed E-state index contributed by atoms with van der Waals surface area (Å²) in [6.45, 7) is 2.87. The summed E-state index contributed by atoms with van der Waals surface area (Å²) in [5.74, 6) is 0.518. The van der Waals surface area contributed by atoms with Crippen LogP contribution < -0.4 is 14.8 Å². The predicted octanol–water partition coefficient (Wildman–Crippen LogP) is 6.18. The first-order chi connectivity index (χ1) is 17.0. The zero-order valence-corrected chi connectivity index (χ0v) is 19.9. The molecule has 0 saturated heterocycles. The van der Waals surface area contributed by atoms with Gasteiger partial charge in [-0.2, -0.15) is 0 Å². The van der Waals surface area contributed by atoms with E-state index < -0.39 is 5.97 Å². The summed E-state index contributed by atoms with van der Waals surface area (Å²) < 4.78 is 12.0. The van der Waals surface area contributed by atoms with Crippen molar-refractivity contribution in [1.82, 2.24) is 5.32 Å². The van der Waals surface area contributed by atoms with Crippen molar-refractivity contribution in [3.63, 3.8) is 0 Å². The minimum atomic E-state index is -0.966. The van der Waals surface area contributed by atoms with E-state index in [1.54, 1.807) is 19.2 Å². The van der Waals surface area contributed by atoms with Gasteiger partial charge in [0.05, 0.1) is 12.7 Å². The van der Waals surface area contributed by atoms with Crippen molar-refractivity contribution in [3.05, 3.63) is 107 Å². The van der Waals surface area contributed by atoms with Crippen LogP contribution in [0.1, 0.15) is 52.4 Å². The van der Waals surface area contributed by atoms with E-state index in [-0.39, 0.29) is 23.6 Å². The Morgan fingerprint density at radius 2 is 1.80 bits per heavy atom. The Hall–Kier alpha value is -3.83. The van der Waals surface area contributed by atoms with Crippen molar-refractivity contribution >= 4 is 16.7 Å². The molecule has 5 nitrogen and oxygen atoms in total. The summed E-state index contributed by atoms with van der Waals surface area (Å²) in [6.07, 6.45) is 0.714. The van der Waals surface area contributed by atoms with Gasteiger partial charge in [-0.1, -0.05) is 66.7 Å². The van der Waals surface area contributed by atoms with Gasteiger partial charge in [0.2, 0.25) is 0 Å². The van der Waals surface area contributed by atoms with Crippen LogP contribution >= 0.6 is 0 Å². The van der Waals surface area contributed by atoms with Gasteiger partial charge in [0.1, 0.15) is 17.6 Å². The van der Waals surface area contributed by atoms with Gasteiger partial charge in [-0.3, -0.25) is 0 Å². The van der Waals surface area contributed by atoms with Gasteiger partial charge in [-0.15, -0.1) is 0 Å². The maximum absolute atomic E-state index is 11.5.